The molecule has 0 bridgehead atoms. The van der Waals surface area contributed by atoms with E-state index < -0.39 is 0 Å². The van der Waals surface area contributed by atoms with E-state index in [0.717, 1.165) is 43.1 Å². The van der Waals surface area contributed by atoms with Crippen molar-refractivity contribution < 1.29 is 4.39 Å². The highest BCUT2D eigenvalue weighted by Crippen LogP contribution is 2.22. The van der Waals surface area contributed by atoms with Gasteiger partial charge in [-0.05, 0) is 30.7 Å². The minimum absolute atomic E-state index is 0.245. The third-order valence-electron chi connectivity index (χ3n) is 4.51. The van der Waals surface area contributed by atoms with Gasteiger partial charge in [0.25, 0.3) is 0 Å². The van der Waals surface area contributed by atoms with Gasteiger partial charge in [0, 0.05) is 55.3 Å². The van der Waals surface area contributed by atoms with Crippen molar-refractivity contribution >= 4 is 0 Å². The molecule has 0 fully saturated rings. The highest BCUT2D eigenvalue weighted by Gasteiger charge is 2.18. The van der Waals surface area contributed by atoms with Crippen molar-refractivity contribution in [3.63, 3.8) is 0 Å². The van der Waals surface area contributed by atoms with E-state index in [2.05, 4.69) is 19.9 Å². The second-order valence-corrected chi connectivity index (χ2v) is 6.38. The molecule has 0 saturated carbocycles. The first kappa shape index (κ1) is 15.8. The molecule has 1 aliphatic heterocycles. The Balaban J connectivity index is 1.47. The molecule has 0 radical (unpaired) electrons. The summed E-state index contributed by atoms with van der Waals surface area (Å²) in [5, 5.41) is 0. The number of pyridine rings is 1. The summed E-state index contributed by atoms with van der Waals surface area (Å²) in [4.78, 5) is 15.6. The van der Waals surface area contributed by atoms with Crippen molar-refractivity contribution in [2.75, 3.05) is 6.54 Å². The Morgan fingerprint density at radius 1 is 1.08 bits per heavy atom. The molecule has 0 saturated heterocycles. The number of rotatable bonds is 3. The number of aryl methyl sites for hydroxylation is 1. The maximum absolute atomic E-state index is 13.9. The summed E-state index contributed by atoms with van der Waals surface area (Å²) in [6, 6.07) is 10.6. The summed E-state index contributed by atoms with van der Waals surface area (Å²) in [5.74, 6) is 0.589. The maximum Gasteiger partial charge on any atom is 0.132 e. The van der Waals surface area contributed by atoms with Crippen molar-refractivity contribution in [1.29, 1.82) is 0 Å². The molecule has 0 unspecified atom stereocenters. The molecule has 0 N–H and O–H groups in total. The summed E-state index contributed by atoms with van der Waals surface area (Å²) >= 11 is 0. The average molecular weight is 334 g/mol. The Bertz CT molecular complexity index is 892. The van der Waals surface area contributed by atoms with Crippen LogP contribution in [-0.4, -0.2) is 26.4 Å². The predicted molar refractivity (Wildman–Crippen MR) is 94.2 cm³/mol. The number of hydrogen-bond donors (Lipinski definition) is 0. The number of hydrogen-bond acceptors (Lipinski definition) is 4. The number of nitrogens with zero attached hydrogens (tertiary/aromatic N) is 4. The van der Waals surface area contributed by atoms with Crippen LogP contribution in [0, 0.1) is 12.7 Å². The van der Waals surface area contributed by atoms with Crippen LogP contribution in [0.3, 0.4) is 0 Å². The third-order valence-corrected chi connectivity index (χ3v) is 4.51. The fourth-order valence-corrected chi connectivity index (χ4v) is 3.21. The quantitative estimate of drug-likeness (QED) is 0.735. The van der Waals surface area contributed by atoms with Gasteiger partial charge in [0.15, 0.2) is 0 Å². The first-order chi connectivity index (χ1) is 12.2. The van der Waals surface area contributed by atoms with Gasteiger partial charge in [-0.15, -0.1) is 0 Å². The highest BCUT2D eigenvalue weighted by molar-refractivity contribution is 5.59. The van der Waals surface area contributed by atoms with Gasteiger partial charge in [0.2, 0.25) is 0 Å². The van der Waals surface area contributed by atoms with Crippen LogP contribution in [-0.2, 0) is 19.5 Å². The van der Waals surface area contributed by atoms with Crippen LogP contribution in [0.4, 0.5) is 4.39 Å². The molecule has 25 heavy (non-hydrogen) atoms. The van der Waals surface area contributed by atoms with E-state index in [1.807, 2.05) is 37.5 Å². The van der Waals surface area contributed by atoms with Crippen molar-refractivity contribution in [3.8, 4) is 11.3 Å². The van der Waals surface area contributed by atoms with Gasteiger partial charge >= 0.3 is 0 Å². The molecule has 4 nitrogen and oxygen atoms in total. The van der Waals surface area contributed by atoms with Crippen molar-refractivity contribution in [2.45, 2.75) is 26.4 Å². The zero-order valence-corrected chi connectivity index (χ0v) is 14.1. The SMILES string of the molecule is Cc1ncc2c(n1)CCN(Cc1ccc(-c3ccccc3F)nc1)C2. The van der Waals surface area contributed by atoms with Gasteiger partial charge in [0.05, 0.1) is 5.69 Å². The molecular weight excluding hydrogens is 315 g/mol. The third kappa shape index (κ3) is 3.42. The molecule has 1 aromatic carbocycles. The van der Waals surface area contributed by atoms with Gasteiger partial charge in [-0.2, -0.15) is 0 Å². The number of fused-ring (bicyclic) bond motifs is 1. The molecule has 2 aromatic heterocycles. The van der Waals surface area contributed by atoms with Crippen LogP contribution in [0.25, 0.3) is 11.3 Å². The lowest BCUT2D eigenvalue weighted by atomic mass is 10.1. The van der Waals surface area contributed by atoms with E-state index in [-0.39, 0.29) is 5.82 Å². The van der Waals surface area contributed by atoms with Crippen molar-refractivity contribution in [1.82, 2.24) is 19.9 Å². The molecule has 3 heterocycles. The maximum atomic E-state index is 13.9. The minimum Gasteiger partial charge on any atom is -0.294 e. The zero-order valence-electron chi connectivity index (χ0n) is 14.1. The van der Waals surface area contributed by atoms with Gasteiger partial charge in [-0.1, -0.05) is 18.2 Å². The summed E-state index contributed by atoms with van der Waals surface area (Å²) in [5.41, 5.74) is 4.68. The first-order valence-electron chi connectivity index (χ1n) is 8.42. The van der Waals surface area contributed by atoms with E-state index in [1.165, 1.54) is 11.6 Å². The molecule has 1 aliphatic rings. The van der Waals surface area contributed by atoms with Gasteiger partial charge in [-0.25, -0.2) is 14.4 Å². The zero-order chi connectivity index (χ0) is 17.2. The summed E-state index contributed by atoms with van der Waals surface area (Å²) < 4.78 is 13.9. The molecule has 126 valence electrons. The molecule has 0 atom stereocenters. The Morgan fingerprint density at radius 2 is 1.96 bits per heavy atom. The van der Waals surface area contributed by atoms with Crippen LogP contribution in [0.15, 0.2) is 48.8 Å². The second kappa shape index (κ2) is 6.69. The fraction of sp³-hybridized carbons (Fsp3) is 0.250. The van der Waals surface area contributed by atoms with E-state index >= 15 is 0 Å². The van der Waals surface area contributed by atoms with Crippen molar-refractivity contribution in [2.24, 2.45) is 0 Å². The summed E-state index contributed by atoms with van der Waals surface area (Å²) in [6.07, 6.45) is 4.71. The molecule has 0 aliphatic carbocycles. The molecule has 0 spiro atoms. The highest BCUT2D eigenvalue weighted by atomic mass is 19.1. The molecule has 0 amide bonds. The van der Waals surface area contributed by atoms with Gasteiger partial charge < -0.3 is 0 Å². The summed E-state index contributed by atoms with van der Waals surface area (Å²) in [6.45, 7) is 4.57. The van der Waals surface area contributed by atoms with Crippen LogP contribution in [0.1, 0.15) is 22.6 Å². The molecule has 4 rings (SSSR count). The van der Waals surface area contributed by atoms with Gasteiger partial charge in [0.1, 0.15) is 11.6 Å². The second-order valence-electron chi connectivity index (χ2n) is 6.38. The topological polar surface area (TPSA) is 41.9 Å². The Hall–Kier alpha value is -2.66. The smallest absolute Gasteiger partial charge is 0.132 e. The summed E-state index contributed by atoms with van der Waals surface area (Å²) in [7, 11) is 0. The number of aromatic nitrogens is 3. The first-order valence-corrected chi connectivity index (χ1v) is 8.42. The fourth-order valence-electron chi connectivity index (χ4n) is 3.21. The monoisotopic (exact) mass is 334 g/mol. The van der Waals surface area contributed by atoms with Crippen LogP contribution >= 0.6 is 0 Å². The number of benzene rings is 1. The number of halogens is 1. The Morgan fingerprint density at radius 3 is 2.76 bits per heavy atom. The average Bonchev–Trinajstić information content (AvgIpc) is 2.63. The van der Waals surface area contributed by atoms with E-state index in [1.54, 1.807) is 12.1 Å². The molecule has 5 heteroatoms. The van der Waals surface area contributed by atoms with Crippen LogP contribution in [0.2, 0.25) is 0 Å². The van der Waals surface area contributed by atoms with Crippen molar-refractivity contribution in [3.05, 3.63) is 77.3 Å². The lowest BCUT2D eigenvalue weighted by molar-refractivity contribution is 0.242. The largest absolute Gasteiger partial charge is 0.294 e. The Kier molecular flexibility index (Phi) is 4.24. The van der Waals surface area contributed by atoms with Gasteiger partial charge in [-0.3, -0.25) is 9.88 Å². The van der Waals surface area contributed by atoms with E-state index in [4.69, 9.17) is 0 Å². The predicted octanol–water partition coefficient (Wildman–Crippen LogP) is 3.54. The standard InChI is InChI=1S/C20H19FN4/c1-14-22-11-16-13-25(9-8-19(16)24-14)12-15-6-7-20(23-10-15)17-4-2-3-5-18(17)21/h2-7,10-11H,8-9,12-13H2,1H3. The Labute approximate surface area is 146 Å². The van der Waals surface area contributed by atoms with E-state index in [9.17, 15) is 4.39 Å². The van der Waals surface area contributed by atoms with Crippen LogP contribution in [0.5, 0.6) is 0 Å². The normalized spacial score (nSPS) is 14.3. The lowest BCUT2D eigenvalue weighted by Gasteiger charge is -2.27. The van der Waals surface area contributed by atoms with E-state index in [0.29, 0.717) is 11.3 Å². The lowest BCUT2D eigenvalue weighted by Crippen LogP contribution is -2.31. The minimum atomic E-state index is -0.245. The molecular formula is C20H19FN4. The van der Waals surface area contributed by atoms with Crippen LogP contribution < -0.4 is 0 Å². The molecule has 3 aromatic rings.